The summed E-state index contributed by atoms with van der Waals surface area (Å²) in [6, 6.07) is 8.16. The molecular weight excluding hydrogens is 471 g/mol. The molecule has 1 unspecified atom stereocenters. The van der Waals surface area contributed by atoms with E-state index in [0.29, 0.717) is 29.5 Å². The number of thioether (sulfide) groups is 1. The molecule has 0 radical (unpaired) electrons. The van der Waals surface area contributed by atoms with Crippen molar-refractivity contribution in [3.8, 4) is 0 Å². The lowest BCUT2D eigenvalue weighted by atomic mass is 10.1. The highest BCUT2D eigenvalue weighted by Gasteiger charge is 2.33. The quantitative estimate of drug-likeness (QED) is 0.345. The molecule has 4 rings (SSSR count). The van der Waals surface area contributed by atoms with E-state index < -0.39 is 9.84 Å². The lowest BCUT2D eigenvalue weighted by molar-refractivity contribution is 0.137. The van der Waals surface area contributed by atoms with Crippen LogP contribution in [-0.4, -0.2) is 56.7 Å². The normalized spacial score (nSPS) is 18.5. The van der Waals surface area contributed by atoms with Crippen molar-refractivity contribution in [2.75, 3.05) is 18.1 Å². The number of para-hydroxylation sites is 1. The van der Waals surface area contributed by atoms with Crippen LogP contribution in [0.2, 0.25) is 0 Å². The molecule has 1 aliphatic heterocycles. The zero-order valence-electron chi connectivity index (χ0n) is 17.9. The average molecular weight is 498 g/mol. The maximum absolute atomic E-state index is 12.0. The summed E-state index contributed by atoms with van der Waals surface area (Å²) in [4.78, 5) is 6.90. The largest absolute Gasteiger partial charge is 0.306 e. The van der Waals surface area contributed by atoms with Crippen LogP contribution in [0.1, 0.15) is 26.1 Å². The van der Waals surface area contributed by atoms with Gasteiger partial charge in [0.2, 0.25) is 0 Å². The molecule has 0 saturated carbocycles. The molecule has 11 heteroatoms. The maximum atomic E-state index is 12.0. The highest BCUT2D eigenvalue weighted by Crippen LogP contribution is 2.31. The third-order valence-corrected chi connectivity index (χ3v) is 9.78. The van der Waals surface area contributed by atoms with Crippen LogP contribution < -0.4 is 0 Å². The highest BCUT2D eigenvalue weighted by atomic mass is 32.2. The number of fused-ring (bicyclic) bond motifs is 1. The van der Waals surface area contributed by atoms with Gasteiger partial charge < -0.3 is 4.57 Å². The smallest absolute Gasteiger partial charge is 0.198 e. The van der Waals surface area contributed by atoms with Crippen molar-refractivity contribution in [2.24, 2.45) is 13.0 Å². The predicted octanol–water partition coefficient (Wildman–Crippen LogP) is 3.96. The van der Waals surface area contributed by atoms with Gasteiger partial charge in [-0.15, -0.1) is 11.3 Å². The van der Waals surface area contributed by atoms with Crippen LogP contribution in [-0.2, 0) is 29.3 Å². The monoisotopic (exact) mass is 497 g/mol. The van der Waals surface area contributed by atoms with Gasteiger partial charge in [0.15, 0.2) is 18.9 Å². The summed E-state index contributed by atoms with van der Waals surface area (Å²) >= 11 is 8.99. The second-order valence-electron chi connectivity index (χ2n) is 8.36. The van der Waals surface area contributed by atoms with Crippen molar-refractivity contribution in [3.05, 3.63) is 34.9 Å². The summed E-state index contributed by atoms with van der Waals surface area (Å²) in [6.45, 7) is 5.62. The predicted molar refractivity (Wildman–Crippen MR) is 130 cm³/mol. The van der Waals surface area contributed by atoms with Crippen LogP contribution in [0.15, 0.2) is 28.6 Å². The van der Waals surface area contributed by atoms with E-state index in [1.165, 1.54) is 4.70 Å². The van der Waals surface area contributed by atoms with E-state index in [-0.39, 0.29) is 17.5 Å². The first-order valence-electron chi connectivity index (χ1n) is 10.3. The molecular formula is C20H27N5O2S4. The summed E-state index contributed by atoms with van der Waals surface area (Å²) in [5.74, 6) is 2.48. The number of rotatable bonds is 8. The van der Waals surface area contributed by atoms with E-state index in [1.807, 2.05) is 34.5 Å². The topological polar surface area (TPSA) is 73.0 Å². The zero-order chi connectivity index (χ0) is 22.2. The first-order valence-corrected chi connectivity index (χ1v) is 14.3. The van der Waals surface area contributed by atoms with Gasteiger partial charge in [-0.1, -0.05) is 37.7 Å². The maximum Gasteiger partial charge on any atom is 0.198 e. The molecule has 1 atom stereocenters. The molecule has 168 valence electrons. The molecule has 0 N–H and O–H groups in total. The zero-order valence-corrected chi connectivity index (χ0v) is 21.2. The third-order valence-electron chi connectivity index (χ3n) is 5.37. The molecule has 0 amide bonds. The van der Waals surface area contributed by atoms with Crippen LogP contribution in [0, 0.1) is 10.7 Å². The van der Waals surface area contributed by atoms with Gasteiger partial charge in [0.25, 0.3) is 0 Å². The van der Waals surface area contributed by atoms with Gasteiger partial charge in [-0.05, 0) is 36.7 Å². The standard InChI is InChI=1S/C20H27N5O2S4/c1-14(2)10-24(15-8-9-31(26,27)12-15)13-25-20(28)23(3)18(22-25)11-29-19-21-16-6-4-5-7-17(16)30-19/h4-7,14-15H,8-13H2,1-3H3. The first kappa shape index (κ1) is 22.9. The highest BCUT2D eigenvalue weighted by molar-refractivity contribution is 8.00. The van der Waals surface area contributed by atoms with E-state index in [1.54, 1.807) is 23.1 Å². The number of thiazole rings is 1. The molecule has 0 spiro atoms. The van der Waals surface area contributed by atoms with E-state index in [9.17, 15) is 8.42 Å². The van der Waals surface area contributed by atoms with Gasteiger partial charge in [0.1, 0.15) is 5.82 Å². The Morgan fingerprint density at radius 1 is 1.35 bits per heavy atom. The molecule has 0 aliphatic carbocycles. The number of hydrogen-bond acceptors (Lipinski definition) is 8. The van der Waals surface area contributed by atoms with Crippen molar-refractivity contribution in [3.63, 3.8) is 0 Å². The minimum atomic E-state index is -2.94. The Balaban J connectivity index is 1.49. The van der Waals surface area contributed by atoms with Gasteiger partial charge in [-0.25, -0.2) is 18.1 Å². The second-order valence-corrected chi connectivity index (χ2v) is 13.2. The number of benzene rings is 1. The molecule has 3 aromatic rings. The summed E-state index contributed by atoms with van der Waals surface area (Å²) < 4.78 is 30.6. The van der Waals surface area contributed by atoms with Gasteiger partial charge in [0.05, 0.1) is 34.1 Å². The van der Waals surface area contributed by atoms with Crippen LogP contribution in [0.4, 0.5) is 0 Å². The van der Waals surface area contributed by atoms with Crippen molar-refractivity contribution >= 4 is 55.4 Å². The molecule has 1 aliphatic rings. The minimum Gasteiger partial charge on any atom is -0.306 e. The minimum absolute atomic E-state index is 0.0249. The van der Waals surface area contributed by atoms with Gasteiger partial charge in [0, 0.05) is 19.6 Å². The summed E-state index contributed by atoms with van der Waals surface area (Å²) in [7, 11) is -1.01. The van der Waals surface area contributed by atoms with Crippen LogP contribution in [0.25, 0.3) is 10.2 Å². The van der Waals surface area contributed by atoms with Gasteiger partial charge in [-0.3, -0.25) is 4.90 Å². The van der Waals surface area contributed by atoms with Crippen molar-refractivity contribution in [1.29, 1.82) is 0 Å². The summed E-state index contributed by atoms with van der Waals surface area (Å²) in [5.41, 5.74) is 1.02. The summed E-state index contributed by atoms with van der Waals surface area (Å²) in [5, 5.41) is 4.77. The Labute approximate surface area is 196 Å². The number of sulfone groups is 1. The second kappa shape index (κ2) is 9.30. The summed E-state index contributed by atoms with van der Waals surface area (Å²) in [6.07, 6.45) is 0.676. The van der Waals surface area contributed by atoms with Crippen molar-refractivity contribution in [1.82, 2.24) is 24.2 Å². The molecule has 3 heterocycles. The molecule has 2 aromatic heterocycles. The fraction of sp³-hybridized carbons (Fsp3) is 0.550. The Morgan fingerprint density at radius 2 is 2.13 bits per heavy atom. The fourth-order valence-corrected chi connectivity index (χ4v) is 7.83. The molecule has 31 heavy (non-hydrogen) atoms. The lowest BCUT2D eigenvalue weighted by Crippen LogP contribution is -2.40. The first-order chi connectivity index (χ1) is 14.7. The lowest BCUT2D eigenvalue weighted by Gasteiger charge is -2.29. The van der Waals surface area contributed by atoms with E-state index in [0.717, 1.165) is 22.2 Å². The average Bonchev–Trinajstić information content (AvgIpc) is 3.36. The number of aromatic nitrogens is 4. The SMILES string of the molecule is CC(C)CN(Cn1nc(CSc2nc3ccccc3s2)n(C)c1=S)C1CCS(=O)(=O)C1. The Kier molecular flexibility index (Phi) is 6.87. The number of nitrogens with zero attached hydrogens (tertiary/aromatic N) is 5. The fourth-order valence-electron chi connectivity index (χ4n) is 3.82. The van der Waals surface area contributed by atoms with Crippen LogP contribution in [0.3, 0.4) is 0 Å². The van der Waals surface area contributed by atoms with E-state index in [2.05, 4.69) is 29.8 Å². The Morgan fingerprint density at radius 3 is 2.81 bits per heavy atom. The Hall–Kier alpha value is -1.27. The van der Waals surface area contributed by atoms with E-state index in [4.69, 9.17) is 17.3 Å². The van der Waals surface area contributed by atoms with Crippen molar-refractivity contribution in [2.45, 2.75) is 43.1 Å². The molecule has 0 bridgehead atoms. The van der Waals surface area contributed by atoms with Crippen LogP contribution >= 0.6 is 35.3 Å². The molecule has 1 saturated heterocycles. The number of hydrogen-bond donors (Lipinski definition) is 0. The van der Waals surface area contributed by atoms with Crippen LogP contribution in [0.5, 0.6) is 0 Å². The van der Waals surface area contributed by atoms with Gasteiger partial charge >= 0.3 is 0 Å². The molecule has 1 aromatic carbocycles. The third kappa shape index (κ3) is 5.39. The van der Waals surface area contributed by atoms with Crippen molar-refractivity contribution < 1.29 is 8.42 Å². The molecule has 7 nitrogen and oxygen atoms in total. The van der Waals surface area contributed by atoms with Gasteiger partial charge in [-0.2, -0.15) is 5.10 Å². The molecule has 1 fully saturated rings. The Bertz CT molecular complexity index is 1190. The van der Waals surface area contributed by atoms with E-state index >= 15 is 0 Å².